The first-order valence-corrected chi connectivity index (χ1v) is 6.58. The van der Waals surface area contributed by atoms with Gasteiger partial charge in [-0.15, -0.1) is 0 Å². The number of phosphoric ester groups is 1. The van der Waals surface area contributed by atoms with E-state index < -0.39 is 38.5 Å². The van der Waals surface area contributed by atoms with Crippen LogP contribution in [0.1, 0.15) is 6.42 Å². The van der Waals surface area contributed by atoms with Gasteiger partial charge in [-0.25, -0.2) is 0 Å². The van der Waals surface area contributed by atoms with Crippen molar-refractivity contribution in [2.75, 3.05) is 13.2 Å². The van der Waals surface area contributed by atoms with Gasteiger partial charge >= 0.3 is 0 Å². The zero-order valence-corrected chi connectivity index (χ0v) is 10.4. The molecule has 0 aromatic rings. The molecule has 0 aromatic heterocycles. The highest BCUT2D eigenvalue weighted by atomic mass is 31.2. The molecule has 1 aliphatic heterocycles. The van der Waals surface area contributed by atoms with Crippen molar-refractivity contribution >= 4 is 7.82 Å². The molecular formula is C7H12N3O8P-2. The number of nitrogens with zero attached hydrogens (tertiary/aromatic N) is 3. The number of phosphoric acid groups is 1. The number of aliphatic hydroxyl groups excluding tert-OH is 2. The van der Waals surface area contributed by atoms with Crippen LogP contribution in [0.25, 0.3) is 10.4 Å². The topological polar surface area (TPSA) is 191 Å². The maximum Gasteiger partial charge on any atom is 0.219 e. The van der Waals surface area contributed by atoms with Gasteiger partial charge in [0.2, 0.25) is 5.79 Å². The molecule has 1 rings (SSSR count). The fourth-order valence-corrected chi connectivity index (χ4v) is 1.98. The summed E-state index contributed by atoms with van der Waals surface area (Å²) in [7, 11) is -5.38. The normalized spacial score (nSPS) is 35.7. The summed E-state index contributed by atoms with van der Waals surface area (Å²) in [5.74, 6) is -2.59. The number of ether oxygens (including phenoxy) is 1. The Morgan fingerprint density at radius 2 is 2.21 bits per heavy atom. The minimum atomic E-state index is -5.38. The summed E-state index contributed by atoms with van der Waals surface area (Å²) < 4.78 is 19.1. The first-order chi connectivity index (χ1) is 8.68. The first kappa shape index (κ1) is 16.3. The molecule has 0 aliphatic carbocycles. The molecule has 1 fully saturated rings. The summed E-state index contributed by atoms with van der Waals surface area (Å²) >= 11 is 0. The van der Waals surface area contributed by atoms with Crippen molar-refractivity contribution in [3.8, 4) is 0 Å². The fourth-order valence-electron chi connectivity index (χ4n) is 1.64. The molecule has 0 aromatic carbocycles. The zero-order chi connectivity index (χ0) is 14.7. The van der Waals surface area contributed by atoms with Gasteiger partial charge in [0.25, 0.3) is 0 Å². The minimum Gasteiger partial charge on any atom is -0.790 e. The van der Waals surface area contributed by atoms with Gasteiger partial charge in [0, 0.05) is 11.3 Å². The van der Waals surface area contributed by atoms with Gasteiger partial charge < -0.3 is 38.9 Å². The summed E-state index contributed by atoms with van der Waals surface area (Å²) in [5.41, 5.74) is 8.14. The lowest BCUT2D eigenvalue weighted by atomic mass is 9.95. The molecule has 0 bridgehead atoms. The maximum atomic E-state index is 10.3. The average Bonchev–Trinajstić information content (AvgIpc) is 2.30. The van der Waals surface area contributed by atoms with Crippen molar-refractivity contribution in [3.05, 3.63) is 10.4 Å². The Morgan fingerprint density at radius 3 is 2.74 bits per heavy atom. The SMILES string of the molecule is [N-]=[N+]=NCC1CC(O)C(O)[C@](O)(COP(=O)([O-])[O-])O1. The molecule has 0 amide bonds. The van der Waals surface area contributed by atoms with E-state index in [0.717, 1.165) is 0 Å². The first-order valence-electron chi connectivity index (χ1n) is 5.12. The summed E-state index contributed by atoms with van der Waals surface area (Å²) in [6.07, 6.45) is -4.43. The monoisotopic (exact) mass is 297 g/mol. The van der Waals surface area contributed by atoms with Crippen LogP contribution in [-0.4, -0.2) is 52.6 Å². The smallest absolute Gasteiger partial charge is 0.219 e. The van der Waals surface area contributed by atoms with Crippen molar-refractivity contribution in [2.45, 2.75) is 30.5 Å². The summed E-state index contributed by atoms with van der Waals surface area (Å²) in [5, 5.41) is 32.1. The second kappa shape index (κ2) is 6.14. The third-order valence-electron chi connectivity index (χ3n) is 2.48. The van der Waals surface area contributed by atoms with E-state index in [4.69, 9.17) is 10.3 Å². The Kier molecular flexibility index (Phi) is 5.27. The molecule has 3 N–H and O–H groups in total. The Labute approximate surface area is 107 Å². The lowest BCUT2D eigenvalue weighted by molar-refractivity contribution is -0.364. The van der Waals surface area contributed by atoms with E-state index in [2.05, 4.69) is 14.5 Å². The van der Waals surface area contributed by atoms with E-state index in [1.54, 1.807) is 0 Å². The highest BCUT2D eigenvalue weighted by Crippen LogP contribution is 2.33. The molecule has 19 heavy (non-hydrogen) atoms. The highest BCUT2D eigenvalue weighted by Gasteiger charge is 2.48. The van der Waals surface area contributed by atoms with Crippen LogP contribution in [0.3, 0.4) is 0 Å². The summed E-state index contributed by atoms with van der Waals surface area (Å²) in [6, 6.07) is 0. The molecule has 12 heteroatoms. The predicted molar refractivity (Wildman–Crippen MR) is 54.0 cm³/mol. The third kappa shape index (κ3) is 4.69. The molecule has 1 heterocycles. The highest BCUT2D eigenvalue weighted by molar-refractivity contribution is 7.43. The second-order valence-electron chi connectivity index (χ2n) is 3.97. The predicted octanol–water partition coefficient (Wildman–Crippen LogP) is -2.66. The van der Waals surface area contributed by atoms with Crippen LogP contribution in [-0.2, 0) is 13.8 Å². The number of rotatable bonds is 5. The molecular weight excluding hydrogens is 285 g/mol. The average molecular weight is 297 g/mol. The van der Waals surface area contributed by atoms with Gasteiger partial charge in [0.1, 0.15) is 12.7 Å². The summed E-state index contributed by atoms with van der Waals surface area (Å²) in [4.78, 5) is 23.1. The van der Waals surface area contributed by atoms with Crippen molar-refractivity contribution in [1.29, 1.82) is 0 Å². The van der Waals surface area contributed by atoms with Crippen LogP contribution >= 0.6 is 7.82 Å². The van der Waals surface area contributed by atoms with E-state index in [1.165, 1.54) is 0 Å². The van der Waals surface area contributed by atoms with Crippen LogP contribution in [0, 0.1) is 0 Å². The van der Waals surface area contributed by atoms with Gasteiger partial charge in [0.05, 0.1) is 26.6 Å². The second-order valence-corrected chi connectivity index (χ2v) is 5.12. The van der Waals surface area contributed by atoms with Crippen LogP contribution in [0.4, 0.5) is 0 Å². The fraction of sp³-hybridized carbons (Fsp3) is 1.00. The molecule has 0 saturated carbocycles. The lowest BCUT2D eigenvalue weighted by Gasteiger charge is -2.44. The Hall–Kier alpha value is -0.740. The van der Waals surface area contributed by atoms with E-state index in [9.17, 15) is 29.7 Å². The minimum absolute atomic E-state index is 0.144. The van der Waals surface area contributed by atoms with Crippen LogP contribution in [0.2, 0.25) is 0 Å². The molecule has 1 aliphatic rings. The molecule has 1 saturated heterocycles. The molecule has 3 unspecified atom stereocenters. The molecule has 11 nitrogen and oxygen atoms in total. The standard InChI is InChI=1S/C7H14N3O8P/c8-10-9-2-4-1-5(11)6(12)7(13,18-4)3-17-19(14,15)16/h4-6,11-13H,1-3H2,(H2,14,15,16)/p-2/t4?,5?,6?,7-/m0/s1. The van der Waals surface area contributed by atoms with E-state index in [1.807, 2.05) is 0 Å². The van der Waals surface area contributed by atoms with Crippen molar-refractivity contribution in [3.63, 3.8) is 0 Å². The number of azide groups is 1. The van der Waals surface area contributed by atoms with E-state index in [0.29, 0.717) is 0 Å². The summed E-state index contributed by atoms with van der Waals surface area (Å²) in [6.45, 7) is -1.43. The van der Waals surface area contributed by atoms with Gasteiger partial charge in [-0.3, -0.25) is 0 Å². The Bertz CT molecular complexity index is 409. The van der Waals surface area contributed by atoms with Crippen LogP contribution in [0.15, 0.2) is 5.11 Å². The third-order valence-corrected chi connectivity index (χ3v) is 2.93. The van der Waals surface area contributed by atoms with Crippen molar-refractivity contribution in [2.24, 2.45) is 5.11 Å². The molecule has 110 valence electrons. The lowest BCUT2D eigenvalue weighted by Crippen LogP contribution is -2.60. The number of aliphatic hydroxyl groups is 3. The van der Waals surface area contributed by atoms with Crippen molar-refractivity contribution < 1.29 is 38.9 Å². The van der Waals surface area contributed by atoms with Crippen LogP contribution < -0.4 is 9.79 Å². The van der Waals surface area contributed by atoms with Gasteiger partial charge in [-0.1, -0.05) is 5.11 Å². The Balaban J connectivity index is 2.76. The number of hydrogen-bond donors (Lipinski definition) is 3. The molecule has 4 atom stereocenters. The Morgan fingerprint density at radius 1 is 1.58 bits per heavy atom. The van der Waals surface area contributed by atoms with E-state index >= 15 is 0 Å². The number of hydrogen-bond acceptors (Lipinski definition) is 9. The largest absolute Gasteiger partial charge is 0.790 e. The molecule has 0 spiro atoms. The maximum absolute atomic E-state index is 10.3. The quantitative estimate of drug-likeness (QED) is 0.212. The van der Waals surface area contributed by atoms with Crippen LogP contribution in [0.5, 0.6) is 0 Å². The van der Waals surface area contributed by atoms with Gasteiger partial charge in [-0.05, 0) is 5.53 Å². The van der Waals surface area contributed by atoms with Gasteiger partial charge in [-0.2, -0.15) is 0 Å². The molecule has 0 radical (unpaired) electrons. The zero-order valence-electron chi connectivity index (χ0n) is 9.53. The van der Waals surface area contributed by atoms with E-state index in [-0.39, 0.29) is 13.0 Å². The van der Waals surface area contributed by atoms with Crippen molar-refractivity contribution in [1.82, 2.24) is 0 Å². The van der Waals surface area contributed by atoms with Gasteiger partial charge in [0.15, 0.2) is 0 Å².